The molecule has 0 atom stereocenters. The van der Waals surface area contributed by atoms with Crippen molar-refractivity contribution in [3.63, 3.8) is 0 Å². The van der Waals surface area contributed by atoms with Crippen molar-refractivity contribution in [3.05, 3.63) is 23.8 Å². The van der Waals surface area contributed by atoms with Gasteiger partial charge in [0, 0.05) is 28.8 Å². The first-order valence-electron chi connectivity index (χ1n) is 5.74. The van der Waals surface area contributed by atoms with Gasteiger partial charge in [-0.25, -0.2) is 9.97 Å². The molecule has 1 aromatic rings. The van der Waals surface area contributed by atoms with Gasteiger partial charge in [0.15, 0.2) is 5.79 Å². The monoisotopic (exact) mass is 238 g/mol. The number of nitrogens with zero attached hydrogens (tertiary/aromatic N) is 2. The Kier molecular flexibility index (Phi) is 3.34. The number of rotatable bonds is 1. The van der Waals surface area contributed by atoms with E-state index in [1.54, 1.807) is 20.8 Å². The minimum absolute atomic E-state index is 0.145. The predicted octanol–water partition coefficient (Wildman–Crippen LogP) is 1.96. The van der Waals surface area contributed by atoms with E-state index in [0.717, 1.165) is 0 Å². The molecule has 4 nitrogen and oxygen atoms in total. The normalized spacial score (nSPS) is 13.9. The number of hydrogen-bond acceptors (Lipinski definition) is 4. The average molecular weight is 238 g/mol. The molecule has 0 aliphatic carbocycles. The largest absolute Gasteiger partial charge is 0.361 e. The summed E-state index contributed by atoms with van der Waals surface area (Å²) in [5, 5.41) is 20.2. The Labute approximate surface area is 103 Å². The molecule has 1 aromatic heterocycles. The number of aliphatic hydroxyl groups is 2. The zero-order valence-electron chi connectivity index (χ0n) is 11.4. The van der Waals surface area contributed by atoms with Crippen molar-refractivity contribution in [1.29, 1.82) is 0 Å². The highest BCUT2D eigenvalue weighted by Crippen LogP contribution is 2.36. The first-order valence-corrected chi connectivity index (χ1v) is 5.74. The molecule has 4 heteroatoms. The number of aromatic nitrogens is 2. The summed E-state index contributed by atoms with van der Waals surface area (Å²) in [6.07, 6.45) is 2.97. The second-order valence-corrected chi connectivity index (χ2v) is 6.47. The molecule has 17 heavy (non-hydrogen) atoms. The van der Waals surface area contributed by atoms with Crippen LogP contribution in [-0.4, -0.2) is 20.2 Å². The summed E-state index contributed by atoms with van der Waals surface area (Å²) in [7, 11) is 0. The van der Waals surface area contributed by atoms with Gasteiger partial charge in [0.1, 0.15) is 5.82 Å². The van der Waals surface area contributed by atoms with Gasteiger partial charge in [0.05, 0.1) is 0 Å². The lowest BCUT2D eigenvalue weighted by Crippen LogP contribution is -2.40. The van der Waals surface area contributed by atoms with E-state index in [0.29, 0.717) is 11.4 Å². The van der Waals surface area contributed by atoms with Gasteiger partial charge in [-0.05, 0) is 0 Å². The van der Waals surface area contributed by atoms with Crippen molar-refractivity contribution in [2.45, 2.75) is 52.7 Å². The molecule has 2 N–H and O–H groups in total. The van der Waals surface area contributed by atoms with Gasteiger partial charge in [0.2, 0.25) is 0 Å². The average Bonchev–Trinajstić information content (AvgIpc) is 2.15. The molecule has 1 heterocycles. The van der Waals surface area contributed by atoms with Crippen LogP contribution in [0.4, 0.5) is 0 Å². The Morgan fingerprint density at radius 3 is 1.59 bits per heavy atom. The molecule has 0 saturated heterocycles. The summed E-state index contributed by atoms with van der Waals surface area (Å²) in [5.41, 5.74) is -0.522. The van der Waals surface area contributed by atoms with Crippen molar-refractivity contribution in [1.82, 2.24) is 9.97 Å². The number of hydrogen-bond donors (Lipinski definition) is 2. The van der Waals surface area contributed by atoms with Crippen LogP contribution < -0.4 is 0 Å². The summed E-state index contributed by atoms with van der Waals surface area (Å²) in [5.74, 6) is -1.24. The summed E-state index contributed by atoms with van der Waals surface area (Å²) >= 11 is 0. The lowest BCUT2D eigenvalue weighted by Gasteiger charge is -2.35. The molecular weight excluding hydrogens is 216 g/mol. The third-order valence-electron chi connectivity index (χ3n) is 2.77. The van der Waals surface area contributed by atoms with E-state index >= 15 is 0 Å². The van der Waals surface area contributed by atoms with Crippen molar-refractivity contribution in [2.24, 2.45) is 5.41 Å². The van der Waals surface area contributed by atoms with Gasteiger partial charge >= 0.3 is 0 Å². The maximum absolute atomic E-state index is 10.1. The lowest BCUT2D eigenvalue weighted by molar-refractivity contribution is -0.238. The van der Waals surface area contributed by atoms with E-state index < -0.39 is 11.2 Å². The van der Waals surface area contributed by atoms with Gasteiger partial charge in [-0.15, -0.1) is 0 Å². The molecule has 1 rings (SSSR count). The molecule has 0 amide bonds. The highest BCUT2D eigenvalue weighted by molar-refractivity contribution is 5.16. The molecule has 0 aliphatic heterocycles. The lowest BCUT2D eigenvalue weighted by atomic mass is 9.82. The van der Waals surface area contributed by atoms with Crippen LogP contribution in [0.3, 0.4) is 0 Å². The first-order chi connectivity index (χ1) is 7.46. The summed E-state index contributed by atoms with van der Waals surface area (Å²) in [6, 6.07) is 0. The maximum Gasteiger partial charge on any atom is 0.197 e. The van der Waals surface area contributed by atoms with Crippen LogP contribution in [0.25, 0.3) is 0 Å². The van der Waals surface area contributed by atoms with Gasteiger partial charge in [0.25, 0.3) is 0 Å². The fourth-order valence-electron chi connectivity index (χ4n) is 1.33. The Balaban J connectivity index is 3.12. The van der Waals surface area contributed by atoms with Crippen molar-refractivity contribution in [3.8, 4) is 0 Å². The van der Waals surface area contributed by atoms with Gasteiger partial charge in [-0.3, -0.25) is 0 Å². The van der Waals surface area contributed by atoms with E-state index in [1.165, 1.54) is 12.4 Å². The Morgan fingerprint density at radius 1 is 0.882 bits per heavy atom. The van der Waals surface area contributed by atoms with Crippen LogP contribution >= 0.6 is 0 Å². The fraction of sp³-hybridized carbons (Fsp3) is 0.692. The zero-order valence-corrected chi connectivity index (χ0v) is 11.4. The van der Waals surface area contributed by atoms with Crippen molar-refractivity contribution in [2.75, 3.05) is 0 Å². The molecule has 0 radical (unpaired) electrons. The van der Waals surface area contributed by atoms with Crippen LogP contribution in [-0.2, 0) is 11.2 Å². The molecule has 0 aromatic carbocycles. The standard InChI is InChI=1S/C13H22N2O2/c1-11(2,3)10-14-7-9(8-15-10)13(16,17)12(4,5)6/h7-8,16-17H,1-6H3. The minimum Gasteiger partial charge on any atom is -0.361 e. The van der Waals surface area contributed by atoms with E-state index in [2.05, 4.69) is 9.97 Å². The van der Waals surface area contributed by atoms with Crippen molar-refractivity contribution >= 4 is 0 Å². The highest BCUT2D eigenvalue weighted by Gasteiger charge is 2.40. The molecule has 96 valence electrons. The van der Waals surface area contributed by atoms with Crippen LogP contribution in [0.15, 0.2) is 12.4 Å². The summed E-state index contributed by atoms with van der Waals surface area (Å²) < 4.78 is 0. The van der Waals surface area contributed by atoms with E-state index in [4.69, 9.17) is 0 Å². The molecule has 0 saturated carbocycles. The molecule has 0 spiro atoms. The predicted molar refractivity (Wildman–Crippen MR) is 66.3 cm³/mol. The fourth-order valence-corrected chi connectivity index (χ4v) is 1.33. The van der Waals surface area contributed by atoms with Gasteiger partial charge < -0.3 is 10.2 Å². The summed E-state index contributed by atoms with van der Waals surface area (Å²) in [6.45, 7) is 11.3. The first kappa shape index (κ1) is 14.1. The quantitative estimate of drug-likeness (QED) is 0.734. The molecule has 0 unspecified atom stereocenters. The Hall–Kier alpha value is -1.00. The van der Waals surface area contributed by atoms with Crippen molar-refractivity contribution < 1.29 is 10.2 Å². The summed E-state index contributed by atoms with van der Waals surface area (Å²) in [4.78, 5) is 8.40. The van der Waals surface area contributed by atoms with E-state index in [9.17, 15) is 10.2 Å². The van der Waals surface area contributed by atoms with Gasteiger partial charge in [-0.2, -0.15) is 0 Å². The SMILES string of the molecule is CC(C)(C)c1ncc(C(O)(O)C(C)(C)C)cn1. The highest BCUT2D eigenvalue weighted by atomic mass is 16.5. The third-order valence-corrected chi connectivity index (χ3v) is 2.77. The zero-order chi connectivity index (χ0) is 13.5. The third kappa shape index (κ3) is 2.82. The van der Waals surface area contributed by atoms with E-state index in [-0.39, 0.29) is 5.41 Å². The second-order valence-electron chi connectivity index (χ2n) is 6.47. The van der Waals surface area contributed by atoms with Crippen LogP contribution in [0.1, 0.15) is 52.9 Å². The van der Waals surface area contributed by atoms with Crippen LogP contribution in [0.5, 0.6) is 0 Å². The smallest absolute Gasteiger partial charge is 0.197 e. The second kappa shape index (κ2) is 4.03. The maximum atomic E-state index is 10.1. The topological polar surface area (TPSA) is 66.2 Å². The minimum atomic E-state index is -1.93. The Morgan fingerprint density at radius 2 is 1.29 bits per heavy atom. The molecule has 0 aliphatic rings. The molecule has 0 bridgehead atoms. The molecular formula is C13H22N2O2. The van der Waals surface area contributed by atoms with Crippen LogP contribution in [0, 0.1) is 5.41 Å². The van der Waals surface area contributed by atoms with Crippen LogP contribution in [0.2, 0.25) is 0 Å². The molecule has 0 fully saturated rings. The van der Waals surface area contributed by atoms with E-state index in [1.807, 2.05) is 20.8 Å². The Bertz CT molecular complexity index is 383. The van der Waals surface area contributed by atoms with Gasteiger partial charge in [-0.1, -0.05) is 41.5 Å².